The summed E-state index contributed by atoms with van der Waals surface area (Å²) in [5.74, 6) is 0.619. The van der Waals surface area contributed by atoms with Crippen LogP contribution in [0.1, 0.15) is 16.8 Å². The van der Waals surface area contributed by atoms with Crippen molar-refractivity contribution in [2.45, 2.75) is 13.5 Å². The second-order valence-electron chi connectivity index (χ2n) is 4.87. The summed E-state index contributed by atoms with van der Waals surface area (Å²) in [6.45, 7) is 2.95. The Morgan fingerprint density at radius 2 is 1.95 bits per heavy atom. The van der Waals surface area contributed by atoms with Crippen LogP contribution in [0.4, 0.5) is 5.82 Å². The van der Waals surface area contributed by atoms with Crippen molar-refractivity contribution in [3.8, 4) is 0 Å². The minimum absolute atomic E-state index is 0.0137. The van der Waals surface area contributed by atoms with Crippen molar-refractivity contribution >= 4 is 11.7 Å². The Morgan fingerprint density at radius 3 is 2.57 bits per heavy atom. The number of nitrogen functional groups attached to an aromatic ring is 1. The number of anilines is 1. The van der Waals surface area contributed by atoms with Crippen molar-refractivity contribution in [2.24, 2.45) is 5.73 Å². The largest absolute Gasteiger partial charge is 0.395 e. The summed E-state index contributed by atoms with van der Waals surface area (Å²) in [6.07, 6.45) is 0. The first-order chi connectivity index (χ1) is 10.1. The summed E-state index contributed by atoms with van der Waals surface area (Å²) in [4.78, 5) is 6.45. The molecule has 4 N–H and O–H groups in total. The van der Waals surface area contributed by atoms with Gasteiger partial charge in [0.15, 0.2) is 0 Å². The van der Waals surface area contributed by atoms with Crippen LogP contribution < -0.4 is 10.6 Å². The van der Waals surface area contributed by atoms with Crippen molar-refractivity contribution in [2.75, 3.05) is 18.1 Å². The molecule has 1 aromatic carbocycles. The molecule has 0 aliphatic carbocycles. The molecular weight excluding hydrogens is 264 g/mol. The molecule has 0 aliphatic heterocycles. The lowest BCUT2D eigenvalue weighted by Crippen LogP contribution is -2.30. The van der Waals surface area contributed by atoms with Crippen LogP contribution in [0.25, 0.3) is 0 Å². The zero-order chi connectivity index (χ0) is 15.2. The molecule has 1 heterocycles. The number of aliphatic hydroxyl groups excluding tert-OH is 1. The number of hydrogen-bond donors (Lipinski definition) is 3. The van der Waals surface area contributed by atoms with E-state index in [0.29, 0.717) is 24.5 Å². The highest BCUT2D eigenvalue weighted by Gasteiger charge is 2.15. The topological polar surface area (TPSA) is 86.2 Å². The maximum Gasteiger partial charge on any atom is 0.140 e. The van der Waals surface area contributed by atoms with Crippen molar-refractivity contribution in [1.82, 2.24) is 4.98 Å². The van der Waals surface area contributed by atoms with Gasteiger partial charge < -0.3 is 15.7 Å². The molecule has 0 saturated carbocycles. The van der Waals surface area contributed by atoms with Gasteiger partial charge >= 0.3 is 0 Å². The zero-order valence-corrected chi connectivity index (χ0v) is 12.1. The van der Waals surface area contributed by atoms with Crippen LogP contribution in [0.5, 0.6) is 0 Å². The van der Waals surface area contributed by atoms with E-state index in [4.69, 9.17) is 11.1 Å². The molecule has 0 radical (unpaired) electrons. The SMILES string of the molecule is Cc1ccc(C(=N)N)c(N(CCO)Cc2ccccc2)n1. The summed E-state index contributed by atoms with van der Waals surface area (Å²) < 4.78 is 0. The number of aliphatic hydroxyl groups is 1. The molecule has 110 valence electrons. The molecular formula is C16H20N4O. The molecule has 0 unspecified atom stereocenters. The van der Waals surface area contributed by atoms with E-state index in [2.05, 4.69) is 4.98 Å². The third-order valence-corrected chi connectivity index (χ3v) is 3.19. The molecule has 0 bridgehead atoms. The Bertz CT molecular complexity index is 613. The second-order valence-corrected chi connectivity index (χ2v) is 4.87. The van der Waals surface area contributed by atoms with Crippen molar-refractivity contribution in [3.05, 3.63) is 59.3 Å². The zero-order valence-electron chi connectivity index (χ0n) is 12.1. The molecule has 0 amide bonds. The molecule has 0 aliphatic rings. The van der Waals surface area contributed by atoms with Crippen LogP contribution in [0.2, 0.25) is 0 Å². The number of nitrogens with one attached hydrogen (secondary N) is 1. The fourth-order valence-electron chi connectivity index (χ4n) is 2.18. The predicted molar refractivity (Wildman–Crippen MR) is 84.6 cm³/mol. The highest BCUT2D eigenvalue weighted by molar-refractivity contribution is 5.99. The normalized spacial score (nSPS) is 10.4. The van der Waals surface area contributed by atoms with Gasteiger partial charge in [-0.15, -0.1) is 0 Å². The lowest BCUT2D eigenvalue weighted by atomic mass is 10.1. The third kappa shape index (κ3) is 3.79. The van der Waals surface area contributed by atoms with Gasteiger partial charge in [0.05, 0.1) is 12.2 Å². The van der Waals surface area contributed by atoms with Crippen molar-refractivity contribution in [1.29, 1.82) is 5.41 Å². The Hall–Kier alpha value is -2.40. The second kappa shape index (κ2) is 6.85. The number of aryl methyl sites for hydroxylation is 1. The standard InChI is InChI=1S/C16H20N4O/c1-12-7-8-14(15(17)18)16(19-12)20(9-10-21)11-13-5-3-2-4-6-13/h2-8,21H,9-11H2,1H3,(H3,17,18). The van der Waals surface area contributed by atoms with Gasteiger partial charge in [0, 0.05) is 18.8 Å². The first-order valence-corrected chi connectivity index (χ1v) is 6.83. The van der Waals surface area contributed by atoms with E-state index in [1.807, 2.05) is 48.2 Å². The number of benzene rings is 1. The molecule has 2 rings (SSSR count). The van der Waals surface area contributed by atoms with Crippen molar-refractivity contribution in [3.63, 3.8) is 0 Å². The lowest BCUT2D eigenvalue weighted by molar-refractivity contribution is 0.301. The minimum Gasteiger partial charge on any atom is -0.395 e. The van der Waals surface area contributed by atoms with Gasteiger partial charge in [0.2, 0.25) is 0 Å². The van der Waals surface area contributed by atoms with Gasteiger partial charge in [0.1, 0.15) is 11.7 Å². The van der Waals surface area contributed by atoms with Gasteiger partial charge in [-0.1, -0.05) is 30.3 Å². The Kier molecular flexibility index (Phi) is 4.90. The molecule has 1 aromatic heterocycles. The molecule has 0 spiro atoms. The lowest BCUT2D eigenvalue weighted by Gasteiger charge is -2.25. The molecule has 21 heavy (non-hydrogen) atoms. The fraction of sp³-hybridized carbons (Fsp3) is 0.250. The van der Waals surface area contributed by atoms with E-state index in [0.717, 1.165) is 11.3 Å². The Morgan fingerprint density at radius 1 is 1.24 bits per heavy atom. The average Bonchev–Trinajstić information content (AvgIpc) is 2.47. The van der Waals surface area contributed by atoms with Gasteiger partial charge in [-0.2, -0.15) is 0 Å². The summed E-state index contributed by atoms with van der Waals surface area (Å²) in [6, 6.07) is 13.6. The minimum atomic E-state index is -0.0199. The van der Waals surface area contributed by atoms with Crippen LogP contribution >= 0.6 is 0 Å². The summed E-state index contributed by atoms with van der Waals surface area (Å²) in [7, 11) is 0. The number of nitrogens with zero attached hydrogens (tertiary/aromatic N) is 2. The maximum absolute atomic E-state index is 9.32. The van der Waals surface area contributed by atoms with Crippen molar-refractivity contribution < 1.29 is 5.11 Å². The first-order valence-electron chi connectivity index (χ1n) is 6.83. The molecule has 0 fully saturated rings. The van der Waals surface area contributed by atoms with Crippen LogP contribution in [-0.4, -0.2) is 29.1 Å². The summed E-state index contributed by atoms with van der Waals surface area (Å²) in [5.41, 5.74) is 8.20. The van der Waals surface area contributed by atoms with Crippen LogP contribution in [-0.2, 0) is 6.54 Å². The van der Waals surface area contributed by atoms with Crippen LogP contribution in [0.15, 0.2) is 42.5 Å². The number of pyridine rings is 1. The quantitative estimate of drug-likeness (QED) is 0.556. The summed E-state index contributed by atoms with van der Waals surface area (Å²) in [5, 5.41) is 17.0. The van der Waals surface area contributed by atoms with Crippen LogP contribution in [0, 0.1) is 12.3 Å². The molecule has 5 nitrogen and oxygen atoms in total. The highest BCUT2D eigenvalue weighted by Crippen LogP contribution is 2.20. The van der Waals surface area contributed by atoms with E-state index < -0.39 is 0 Å². The van der Waals surface area contributed by atoms with Gasteiger partial charge in [0.25, 0.3) is 0 Å². The van der Waals surface area contributed by atoms with Gasteiger partial charge in [-0.25, -0.2) is 4.98 Å². The van der Waals surface area contributed by atoms with E-state index in [-0.39, 0.29) is 12.4 Å². The van der Waals surface area contributed by atoms with E-state index >= 15 is 0 Å². The third-order valence-electron chi connectivity index (χ3n) is 3.19. The van der Waals surface area contributed by atoms with E-state index in [9.17, 15) is 5.11 Å². The van der Waals surface area contributed by atoms with Gasteiger partial charge in [-0.3, -0.25) is 5.41 Å². The molecule has 5 heteroatoms. The highest BCUT2D eigenvalue weighted by atomic mass is 16.3. The fourth-order valence-corrected chi connectivity index (χ4v) is 2.18. The number of aromatic nitrogens is 1. The summed E-state index contributed by atoms with van der Waals surface area (Å²) >= 11 is 0. The molecule has 2 aromatic rings. The first kappa shape index (κ1) is 15.0. The van der Waals surface area contributed by atoms with Crippen LogP contribution in [0.3, 0.4) is 0 Å². The molecule has 0 saturated heterocycles. The average molecular weight is 284 g/mol. The maximum atomic E-state index is 9.32. The molecule has 0 atom stereocenters. The Balaban J connectivity index is 2.37. The number of nitrogens with two attached hydrogens (primary N) is 1. The Labute approximate surface area is 124 Å². The number of hydrogen-bond acceptors (Lipinski definition) is 4. The van der Waals surface area contributed by atoms with E-state index in [1.54, 1.807) is 6.07 Å². The van der Waals surface area contributed by atoms with Gasteiger partial charge in [-0.05, 0) is 24.6 Å². The van der Waals surface area contributed by atoms with E-state index in [1.165, 1.54) is 0 Å². The monoisotopic (exact) mass is 284 g/mol. The smallest absolute Gasteiger partial charge is 0.140 e. The number of amidine groups is 1. The number of rotatable bonds is 6. The predicted octanol–water partition coefficient (Wildman–Crippen LogP) is 1.67.